The predicted molar refractivity (Wildman–Crippen MR) is 161 cm³/mol. The highest BCUT2D eigenvalue weighted by molar-refractivity contribution is 5.72. The Labute approximate surface area is 242 Å². The number of benzene rings is 3. The summed E-state index contributed by atoms with van der Waals surface area (Å²) < 4.78 is 17.0. The van der Waals surface area contributed by atoms with Crippen molar-refractivity contribution in [1.29, 1.82) is 0 Å². The summed E-state index contributed by atoms with van der Waals surface area (Å²) in [6.45, 7) is 15.7. The third kappa shape index (κ3) is 8.39. The monoisotopic (exact) mass is 552 g/mol. The molecule has 6 nitrogen and oxygen atoms in total. The standard InChI is InChI=1S/C35H36O6/c1-7-12-27-15-10-17-30(34(27)40-24(5)37)20-26-19-29(14-9-3)32(33(21-26)39-23(4)36)22-31-18-11-16-28(13-8-2)35(31)41-25(6)38/h7-11,15-19,21H,1-3,12-14,20,22H2,4-6H3. The van der Waals surface area contributed by atoms with Crippen LogP contribution in [-0.4, -0.2) is 17.9 Å². The molecular weight excluding hydrogens is 516 g/mol. The zero-order valence-electron chi connectivity index (χ0n) is 24.0. The minimum Gasteiger partial charge on any atom is -0.426 e. The van der Waals surface area contributed by atoms with E-state index < -0.39 is 17.9 Å². The number of ether oxygens (including phenoxy) is 3. The smallest absolute Gasteiger partial charge is 0.308 e. The average molecular weight is 553 g/mol. The van der Waals surface area contributed by atoms with Crippen molar-refractivity contribution in [2.45, 2.75) is 52.9 Å². The summed E-state index contributed by atoms with van der Waals surface area (Å²) in [6, 6.07) is 15.3. The molecule has 0 aromatic heterocycles. The molecule has 0 N–H and O–H groups in total. The maximum Gasteiger partial charge on any atom is 0.308 e. The van der Waals surface area contributed by atoms with Crippen molar-refractivity contribution in [1.82, 2.24) is 0 Å². The van der Waals surface area contributed by atoms with Gasteiger partial charge in [-0.2, -0.15) is 0 Å². The molecule has 0 saturated heterocycles. The fraction of sp³-hybridized carbons (Fsp3) is 0.229. The second kappa shape index (κ2) is 14.6. The summed E-state index contributed by atoms with van der Waals surface area (Å²) in [6.07, 6.45) is 7.68. The molecule has 0 aliphatic carbocycles. The van der Waals surface area contributed by atoms with E-state index in [4.69, 9.17) is 14.2 Å². The Morgan fingerprint density at radius 3 is 1.51 bits per heavy atom. The largest absolute Gasteiger partial charge is 0.426 e. The Morgan fingerprint density at radius 1 is 0.610 bits per heavy atom. The van der Waals surface area contributed by atoms with Crippen LogP contribution in [0.3, 0.4) is 0 Å². The topological polar surface area (TPSA) is 78.9 Å². The van der Waals surface area contributed by atoms with Crippen LogP contribution >= 0.6 is 0 Å². The van der Waals surface area contributed by atoms with Gasteiger partial charge in [-0.05, 0) is 58.7 Å². The first-order valence-electron chi connectivity index (χ1n) is 13.4. The average Bonchev–Trinajstić information content (AvgIpc) is 2.89. The molecule has 0 atom stereocenters. The molecule has 0 aliphatic heterocycles. The maximum absolute atomic E-state index is 12.2. The minimum absolute atomic E-state index is 0.354. The van der Waals surface area contributed by atoms with E-state index in [1.165, 1.54) is 20.8 Å². The van der Waals surface area contributed by atoms with Crippen LogP contribution in [0.4, 0.5) is 0 Å². The SMILES string of the molecule is C=CCc1cc(Cc2cccc(CC=C)c2OC(C)=O)cc(OC(C)=O)c1Cc1cccc(CC=C)c1OC(C)=O. The van der Waals surface area contributed by atoms with Gasteiger partial charge in [-0.25, -0.2) is 0 Å². The van der Waals surface area contributed by atoms with Crippen LogP contribution in [-0.2, 0) is 46.5 Å². The van der Waals surface area contributed by atoms with Crippen molar-refractivity contribution in [3.05, 3.63) is 125 Å². The molecule has 0 saturated carbocycles. The van der Waals surface area contributed by atoms with E-state index in [1.54, 1.807) is 18.2 Å². The summed E-state index contributed by atoms with van der Waals surface area (Å²) in [7, 11) is 0. The number of esters is 3. The first-order chi connectivity index (χ1) is 19.7. The lowest BCUT2D eigenvalue weighted by molar-refractivity contribution is -0.133. The summed E-state index contributed by atoms with van der Waals surface area (Å²) in [5, 5.41) is 0. The van der Waals surface area contributed by atoms with Crippen LogP contribution in [0.1, 0.15) is 59.7 Å². The molecule has 212 valence electrons. The molecular formula is C35H36O6. The second-order valence-corrected chi connectivity index (χ2v) is 9.66. The van der Waals surface area contributed by atoms with Gasteiger partial charge in [-0.1, -0.05) is 60.7 Å². The summed E-state index contributed by atoms with van der Waals surface area (Å²) >= 11 is 0. The van der Waals surface area contributed by atoms with Crippen LogP contribution in [0.15, 0.2) is 86.5 Å². The van der Waals surface area contributed by atoms with E-state index in [-0.39, 0.29) is 0 Å². The Morgan fingerprint density at radius 2 is 1.05 bits per heavy atom. The van der Waals surface area contributed by atoms with Gasteiger partial charge in [-0.3, -0.25) is 14.4 Å². The van der Waals surface area contributed by atoms with E-state index >= 15 is 0 Å². The number of allylic oxidation sites excluding steroid dienone is 3. The van der Waals surface area contributed by atoms with Crippen molar-refractivity contribution < 1.29 is 28.6 Å². The molecule has 0 bridgehead atoms. The lowest BCUT2D eigenvalue weighted by Gasteiger charge is -2.19. The third-order valence-electron chi connectivity index (χ3n) is 6.32. The maximum atomic E-state index is 12.2. The van der Waals surface area contributed by atoms with Crippen LogP contribution in [0, 0.1) is 0 Å². The molecule has 0 unspecified atom stereocenters. The van der Waals surface area contributed by atoms with E-state index in [1.807, 2.05) is 48.5 Å². The highest BCUT2D eigenvalue weighted by Gasteiger charge is 2.20. The van der Waals surface area contributed by atoms with Crippen molar-refractivity contribution >= 4 is 17.9 Å². The third-order valence-corrected chi connectivity index (χ3v) is 6.32. The number of para-hydroxylation sites is 2. The summed E-state index contributed by atoms with van der Waals surface area (Å²) in [5.41, 5.74) is 5.85. The number of hydrogen-bond donors (Lipinski definition) is 0. The molecule has 3 rings (SSSR count). The zero-order valence-corrected chi connectivity index (χ0v) is 24.0. The molecule has 3 aromatic carbocycles. The summed E-state index contributed by atoms with van der Waals surface area (Å²) in [5.74, 6) is 0.106. The Bertz CT molecular complexity index is 1480. The first kappa shape index (κ1) is 30.8. The molecule has 6 heteroatoms. The number of carbonyl (C=O) groups is 3. The van der Waals surface area contributed by atoms with Gasteiger partial charge in [0.05, 0.1) is 0 Å². The van der Waals surface area contributed by atoms with E-state index in [0.717, 1.165) is 38.9 Å². The van der Waals surface area contributed by atoms with Gasteiger partial charge < -0.3 is 14.2 Å². The zero-order chi connectivity index (χ0) is 29.9. The molecule has 0 fully saturated rings. The van der Waals surface area contributed by atoms with E-state index in [9.17, 15) is 14.4 Å². The molecule has 41 heavy (non-hydrogen) atoms. The number of carbonyl (C=O) groups excluding carboxylic acids is 3. The Balaban J connectivity index is 2.16. The van der Waals surface area contributed by atoms with Gasteiger partial charge in [0.25, 0.3) is 0 Å². The van der Waals surface area contributed by atoms with E-state index in [2.05, 4.69) is 19.7 Å². The highest BCUT2D eigenvalue weighted by atomic mass is 16.5. The molecule has 3 aromatic rings. The lowest BCUT2D eigenvalue weighted by atomic mass is 9.91. The fourth-order valence-electron chi connectivity index (χ4n) is 4.80. The van der Waals surface area contributed by atoms with Gasteiger partial charge in [-0.15, -0.1) is 19.7 Å². The normalized spacial score (nSPS) is 10.4. The van der Waals surface area contributed by atoms with Crippen LogP contribution in [0.2, 0.25) is 0 Å². The molecule has 0 aliphatic rings. The highest BCUT2D eigenvalue weighted by Crippen LogP contribution is 2.35. The van der Waals surface area contributed by atoms with Crippen molar-refractivity contribution in [2.24, 2.45) is 0 Å². The van der Waals surface area contributed by atoms with Gasteiger partial charge in [0, 0.05) is 39.2 Å². The molecule has 0 spiro atoms. The van der Waals surface area contributed by atoms with Gasteiger partial charge in [0.1, 0.15) is 17.2 Å². The van der Waals surface area contributed by atoms with Crippen LogP contribution < -0.4 is 14.2 Å². The van der Waals surface area contributed by atoms with Gasteiger partial charge in [0.15, 0.2) is 0 Å². The predicted octanol–water partition coefficient (Wildman–Crippen LogP) is 6.83. The van der Waals surface area contributed by atoms with Gasteiger partial charge >= 0.3 is 17.9 Å². The molecule has 0 radical (unpaired) electrons. The lowest BCUT2D eigenvalue weighted by Crippen LogP contribution is -2.11. The van der Waals surface area contributed by atoms with Gasteiger partial charge in [0.2, 0.25) is 0 Å². The molecule has 0 amide bonds. The van der Waals surface area contributed by atoms with Crippen LogP contribution in [0.25, 0.3) is 0 Å². The molecule has 0 heterocycles. The minimum atomic E-state index is -0.456. The second-order valence-electron chi connectivity index (χ2n) is 9.66. The Kier molecular flexibility index (Phi) is 11.0. The number of hydrogen-bond acceptors (Lipinski definition) is 6. The van der Waals surface area contributed by atoms with Crippen molar-refractivity contribution in [2.75, 3.05) is 0 Å². The number of rotatable bonds is 13. The Hall–Kier alpha value is -4.71. The van der Waals surface area contributed by atoms with E-state index in [0.29, 0.717) is 49.4 Å². The van der Waals surface area contributed by atoms with Crippen LogP contribution in [0.5, 0.6) is 17.2 Å². The fourth-order valence-corrected chi connectivity index (χ4v) is 4.80. The quantitative estimate of drug-likeness (QED) is 0.131. The van der Waals surface area contributed by atoms with Crippen molar-refractivity contribution in [3.8, 4) is 17.2 Å². The van der Waals surface area contributed by atoms with Crippen molar-refractivity contribution in [3.63, 3.8) is 0 Å². The summed E-state index contributed by atoms with van der Waals surface area (Å²) in [4.78, 5) is 36.1. The first-order valence-corrected chi connectivity index (χ1v) is 13.4.